The molecule has 0 saturated carbocycles. The van der Waals surface area contributed by atoms with Gasteiger partial charge >= 0.3 is 0 Å². The first-order valence-corrected chi connectivity index (χ1v) is 10.7. The van der Waals surface area contributed by atoms with E-state index < -0.39 is 0 Å². The molecule has 0 amide bonds. The van der Waals surface area contributed by atoms with Crippen molar-refractivity contribution in [3.63, 3.8) is 0 Å². The Bertz CT molecular complexity index is 862. The largest absolute Gasteiger partial charge is 0.493 e. The summed E-state index contributed by atoms with van der Waals surface area (Å²) in [4.78, 5) is 14.9. The molecular weight excluding hydrogens is 364 g/mol. The number of anilines is 1. The average Bonchev–Trinajstić information content (AvgIpc) is 3.27. The van der Waals surface area contributed by atoms with Crippen LogP contribution in [0.25, 0.3) is 0 Å². The van der Waals surface area contributed by atoms with Gasteiger partial charge in [-0.2, -0.15) is 0 Å². The van der Waals surface area contributed by atoms with Crippen molar-refractivity contribution in [2.45, 2.75) is 52.1 Å². The van der Waals surface area contributed by atoms with Crippen molar-refractivity contribution in [2.24, 2.45) is 0 Å². The molecule has 6 heteroatoms. The van der Waals surface area contributed by atoms with Gasteiger partial charge in [0.1, 0.15) is 11.6 Å². The number of ether oxygens (including phenoxy) is 2. The summed E-state index contributed by atoms with van der Waals surface area (Å²) in [5.41, 5.74) is 3.69. The molecule has 0 radical (unpaired) electrons. The zero-order valence-electron chi connectivity index (χ0n) is 18.1. The van der Waals surface area contributed by atoms with Gasteiger partial charge in [-0.15, -0.1) is 0 Å². The van der Waals surface area contributed by atoms with E-state index in [0.717, 1.165) is 62.0 Å². The smallest absolute Gasteiger partial charge is 0.165 e. The second-order valence-electron chi connectivity index (χ2n) is 8.29. The molecule has 0 atom stereocenters. The van der Waals surface area contributed by atoms with Crippen molar-refractivity contribution in [2.75, 3.05) is 38.8 Å². The number of hydrogen-bond donors (Lipinski definition) is 0. The Kier molecular flexibility index (Phi) is 5.90. The summed E-state index contributed by atoms with van der Waals surface area (Å²) in [5.74, 6) is 4.09. The van der Waals surface area contributed by atoms with E-state index in [2.05, 4.69) is 29.7 Å². The van der Waals surface area contributed by atoms with Gasteiger partial charge in [-0.1, -0.05) is 26.0 Å². The van der Waals surface area contributed by atoms with Crippen molar-refractivity contribution in [3.05, 3.63) is 40.8 Å². The van der Waals surface area contributed by atoms with Crippen LogP contribution in [0.5, 0.6) is 11.5 Å². The van der Waals surface area contributed by atoms with Crippen LogP contribution in [0.15, 0.2) is 18.2 Å². The van der Waals surface area contributed by atoms with E-state index in [0.29, 0.717) is 5.92 Å². The topological polar surface area (TPSA) is 50.7 Å². The Hall–Kier alpha value is -2.34. The van der Waals surface area contributed by atoms with Gasteiger partial charge in [0.25, 0.3) is 0 Å². The van der Waals surface area contributed by atoms with Crippen molar-refractivity contribution >= 4 is 5.82 Å². The molecule has 0 spiro atoms. The maximum absolute atomic E-state index is 5.63. The number of hydrogen-bond acceptors (Lipinski definition) is 6. The molecule has 156 valence electrons. The van der Waals surface area contributed by atoms with Gasteiger partial charge in [-0.3, -0.25) is 4.90 Å². The molecule has 0 unspecified atom stereocenters. The van der Waals surface area contributed by atoms with Gasteiger partial charge < -0.3 is 14.4 Å². The highest BCUT2D eigenvalue weighted by atomic mass is 16.5. The summed E-state index contributed by atoms with van der Waals surface area (Å²) in [6.45, 7) is 9.25. The molecule has 3 heterocycles. The summed E-state index contributed by atoms with van der Waals surface area (Å²) in [6.07, 6.45) is 3.51. The zero-order chi connectivity index (χ0) is 20.4. The van der Waals surface area contributed by atoms with Gasteiger partial charge in [-0.25, -0.2) is 9.97 Å². The number of aromatic nitrogens is 2. The Labute approximate surface area is 173 Å². The first kappa shape index (κ1) is 20.0. The van der Waals surface area contributed by atoms with E-state index in [1.54, 1.807) is 14.2 Å². The molecule has 4 rings (SSSR count). The van der Waals surface area contributed by atoms with Crippen LogP contribution in [0.1, 0.15) is 55.3 Å². The number of para-hydroxylation sites is 1. The van der Waals surface area contributed by atoms with Gasteiger partial charge in [0.15, 0.2) is 11.5 Å². The molecule has 1 saturated heterocycles. The van der Waals surface area contributed by atoms with E-state index in [4.69, 9.17) is 19.4 Å². The Morgan fingerprint density at radius 3 is 2.52 bits per heavy atom. The van der Waals surface area contributed by atoms with Crippen molar-refractivity contribution in [1.82, 2.24) is 14.9 Å². The normalized spacial score (nSPS) is 16.9. The fourth-order valence-electron chi connectivity index (χ4n) is 4.39. The summed E-state index contributed by atoms with van der Waals surface area (Å²) in [5, 5.41) is 0. The molecular formula is C23H32N4O2. The number of methoxy groups -OCH3 is 2. The molecule has 2 aliphatic heterocycles. The molecule has 2 aliphatic rings. The minimum Gasteiger partial charge on any atom is -0.493 e. The molecule has 2 aromatic rings. The van der Waals surface area contributed by atoms with Gasteiger partial charge in [0, 0.05) is 49.8 Å². The number of benzene rings is 1. The summed E-state index contributed by atoms with van der Waals surface area (Å²) in [6, 6.07) is 6.09. The van der Waals surface area contributed by atoms with Crippen LogP contribution in [0.2, 0.25) is 0 Å². The molecule has 0 N–H and O–H groups in total. The average molecular weight is 397 g/mol. The Morgan fingerprint density at radius 1 is 1.03 bits per heavy atom. The van der Waals surface area contributed by atoms with Crippen LogP contribution in [0, 0.1) is 0 Å². The third-order valence-corrected chi connectivity index (χ3v) is 5.94. The highest BCUT2D eigenvalue weighted by molar-refractivity contribution is 5.51. The molecule has 1 aromatic heterocycles. The van der Waals surface area contributed by atoms with Crippen molar-refractivity contribution in [1.29, 1.82) is 0 Å². The predicted molar refractivity (Wildman–Crippen MR) is 115 cm³/mol. The van der Waals surface area contributed by atoms with E-state index >= 15 is 0 Å². The highest BCUT2D eigenvalue weighted by Gasteiger charge is 2.27. The van der Waals surface area contributed by atoms with Crippen LogP contribution in [0.4, 0.5) is 5.82 Å². The second-order valence-corrected chi connectivity index (χ2v) is 8.29. The molecule has 1 fully saturated rings. The Balaban J connectivity index is 1.61. The SMILES string of the molecule is COc1cccc(CN2CCc3c(nc(C(C)C)nc3N3CCCC3)C2)c1OC. The maximum atomic E-state index is 5.63. The predicted octanol–water partition coefficient (Wildman–Crippen LogP) is 3.78. The van der Waals surface area contributed by atoms with E-state index in [1.165, 1.54) is 29.9 Å². The summed E-state index contributed by atoms with van der Waals surface area (Å²) in [7, 11) is 3.39. The lowest BCUT2D eigenvalue weighted by Gasteiger charge is -2.32. The van der Waals surface area contributed by atoms with Crippen LogP contribution in [-0.2, 0) is 19.5 Å². The fourth-order valence-corrected chi connectivity index (χ4v) is 4.39. The van der Waals surface area contributed by atoms with Crippen LogP contribution in [0.3, 0.4) is 0 Å². The first-order chi connectivity index (χ1) is 14.1. The fraction of sp³-hybridized carbons (Fsp3) is 0.565. The minimum absolute atomic E-state index is 0.329. The standard InChI is InChI=1S/C23H32N4O2/c1-16(2)22-24-19-15-26(14-17-8-7-9-20(28-3)21(17)29-4)13-10-18(19)23(25-22)27-11-5-6-12-27/h7-9,16H,5-6,10-15H2,1-4H3. The van der Waals surface area contributed by atoms with Crippen LogP contribution < -0.4 is 14.4 Å². The number of nitrogens with zero attached hydrogens (tertiary/aromatic N) is 4. The lowest BCUT2D eigenvalue weighted by atomic mass is 10.0. The molecule has 0 aliphatic carbocycles. The number of fused-ring (bicyclic) bond motifs is 1. The van der Waals surface area contributed by atoms with Crippen molar-refractivity contribution < 1.29 is 9.47 Å². The lowest BCUT2D eigenvalue weighted by Crippen LogP contribution is -2.34. The monoisotopic (exact) mass is 396 g/mol. The summed E-state index contributed by atoms with van der Waals surface area (Å²) < 4.78 is 11.1. The quantitative estimate of drug-likeness (QED) is 0.741. The Morgan fingerprint density at radius 2 is 1.83 bits per heavy atom. The molecule has 0 bridgehead atoms. The second kappa shape index (κ2) is 8.57. The van der Waals surface area contributed by atoms with E-state index in [9.17, 15) is 0 Å². The van der Waals surface area contributed by atoms with E-state index in [-0.39, 0.29) is 0 Å². The van der Waals surface area contributed by atoms with Crippen LogP contribution >= 0.6 is 0 Å². The third kappa shape index (κ3) is 4.04. The molecule has 29 heavy (non-hydrogen) atoms. The minimum atomic E-state index is 0.329. The summed E-state index contributed by atoms with van der Waals surface area (Å²) >= 11 is 0. The van der Waals surface area contributed by atoms with E-state index in [1.807, 2.05) is 12.1 Å². The lowest BCUT2D eigenvalue weighted by molar-refractivity contribution is 0.236. The highest BCUT2D eigenvalue weighted by Crippen LogP contribution is 2.34. The third-order valence-electron chi connectivity index (χ3n) is 5.94. The van der Waals surface area contributed by atoms with Crippen LogP contribution in [-0.4, -0.2) is 48.7 Å². The first-order valence-electron chi connectivity index (χ1n) is 10.7. The maximum Gasteiger partial charge on any atom is 0.165 e. The molecule has 6 nitrogen and oxygen atoms in total. The van der Waals surface area contributed by atoms with Gasteiger partial charge in [0.05, 0.1) is 19.9 Å². The molecule has 1 aromatic carbocycles. The van der Waals surface area contributed by atoms with Gasteiger partial charge in [-0.05, 0) is 25.3 Å². The van der Waals surface area contributed by atoms with Crippen molar-refractivity contribution in [3.8, 4) is 11.5 Å². The number of rotatable bonds is 6. The zero-order valence-corrected chi connectivity index (χ0v) is 18.1. The van der Waals surface area contributed by atoms with Gasteiger partial charge in [0.2, 0.25) is 0 Å².